The summed E-state index contributed by atoms with van der Waals surface area (Å²) in [5.74, 6) is 0.723. The Hall–Kier alpha value is -2.17. The van der Waals surface area contributed by atoms with Crippen molar-refractivity contribution in [3.8, 4) is 0 Å². The third kappa shape index (κ3) is 2.71. The van der Waals surface area contributed by atoms with Crippen molar-refractivity contribution in [1.29, 1.82) is 0 Å². The fourth-order valence-corrected chi connectivity index (χ4v) is 1.10. The zero-order valence-corrected chi connectivity index (χ0v) is 7.53. The molecule has 0 bridgehead atoms. The van der Waals surface area contributed by atoms with Crippen LogP contribution in [0.15, 0.2) is 30.3 Å². The van der Waals surface area contributed by atoms with Gasteiger partial charge in [0.15, 0.2) is 0 Å². The number of para-hydroxylation sites is 1. The molecule has 0 fully saturated rings. The molecule has 0 aliphatic rings. The molecule has 5 heteroatoms. The molecular formula is C9H12N4O. The first-order valence-corrected chi connectivity index (χ1v) is 3.97. The predicted molar refractivity (Wildman–Crippen MR) is 56.5 cm³/mol. The molecule has 0 saturated heterocycles. The number of rotatable bonds is 0. The lowest BCUT2D eigenvalue weighted by Gasteiger charge is -1.83. The maximum absolute atomic E-state index is 9.00. The molecule has 0 aliphatic heterocycles. The molecule has 0 saturated carbocycles. The number of nitrogens with two attached hydrogens (primary N) is 3. The van der Waals surface area contributed by atoms with E-state index in [0.29, 0.717) is 0 Å². The van der Waals surface area contributed by atoms with Crippen LogP contribution >= 0.6 is 0 Å². The Balaban J connectivity index is 0.000000213. The van der Waals surface area contributed by atoms with Gasteiger partial charge in [-0.3, -0.25) is 0 Å². The highest BCUT2D eigenvalue weighted by Gasteiger charge is 1.92. The van der Waals surface area contributed by atoms with Crippen molar-refractivity contribution in [2.75, 3.05) is 5.73 Å². The number of nitrogens with one attached hydrogen (secondary N) is 1. The summed E-state index contributed by atoms with van der Waals surface area (Å²) in [5, 5.41) is 1.17. The van der Waals surface area contributed by atoms with E-state index in [2.05, 4.69) is 16.5 Å². The lowest BCUT2D eigenvalue weighted by atomic mass is 10.3. The molecule has 2 aromatic rings. The number of H-pyrrole nitrogens is 1. The zero-order chi connectivity index (χ0) is 10.6. The number of fused-ring (bicyclic) bond motifs is 1. The van der Waals surface area contributed by atoms with Gasteiger partial charge in [-0.25, -0.2) is 4.79 Å². The van der Waals surface area contributed by atoms with Gasteiger partial charge in [0.1, 0.15) is 5.82 Å². The minimum Gasteiger partial charge on any atom is -0.385 e. The van der Waals surface area contributed by atoms with Crippen LogP contribution in [-0.2, 0) is 0 Å². The number of carbonyl (C=O) groups is 1. The van der Waals surface area contributed by atoms with Gasteiger partial charge in [-0.15, -0.1) is 0 Å². The smallest absolute Gasteiger partial charge is 0.309 e. The predicted octanol–water partition coefficient (Wildman–Crippen LogP) is 0.774. The summed E-state index contributed by atoms with van der Waals surface area (Å²) in [6.45, 7) is 0. The van der Waals surface area contributed by atoms with E-state index >= 15 is 0 Å². The Morgan fingerprint density at radius 1 is 1.21 bits per heavy atom. The maximum Gasteiger partial charge on any atom is 0.309 e. The fraction of sp³-hybridized carbons (Fsp3) is 0. The second kappa shape index (κ2) is 4.18. The molecule has 0 atom stereocenters. The normalized spacial score (nSPS) is 9.14. The highest BCUT2D eigenvalue weighted by atomic mass is 16.2. The minimum atomic E-state index is -0.833. The molecule has 0 unspecified atom stereocenters. The highest BCUT2D eigenvalue weighted by molar-refractivity contribution is 5.82. The maximum atomic E-state index is 9.00. The van der Waals surface area contributed by atoms with E-state index in [4.69, 9.17) is 10.5 Å². The van der Waals surface area contributed by atoms with Crippen molar-refractivity contribution in [2.45, 2.75) is 0 Å². The Kier molecular flexibility index (Phi) is 2.96. The van der Waals surface area contributed by atoms with Crippen LogP contribution in [0.4, 0.5) is 10.6 Å². The van der Waals surface area contributed by atoms with Crippen molar-refractivity contribution in [2.24, 2.45) is 11.5 Å². The number of hydrogen-bond donors (Lipinski definition) is 4. The van der Waals surface area contributed by atoms with Gasteiger partial charge in [-0.1, -0.05) is 18.2 Å². The van der Waals surface area contributed by atoms with Crippen molar-refractivity contribution in [3.63, 3.8) is 0 Å². The number of hydrogen-bond acceptors (Lipinski definition) is 2. The van der Waals surface area contributed by atoms with Crippen LogP contribution in [0, 0.1) is 0 Å². The number of urea groups is 1. The monoisotopic (exact) mass is 192 g/mol. The number of amides is 2. The lowest BCUT2D eigenvalue weighted by molar-refractivity contribution is 0.256. The van der Waals surface area contributed by atoms with Gasteiger partial charge in [-0.2, -0.15) is 0 Å². The van der Waals surface area contributed by atoms with Crippen molar-refractivity contribution < 1.29 is 4.79 Å². The quantitative estimate of drug-likeness (QED) is 0.494. The third-order valence-electron chi connectivity index (χ3n) is 1.55. The minimum absolute atomic E-state index is 0.723. The molecule has 0 aliphatic carbocycles. The second-order valence-corrected chi connectivity index (χ2v) is 2.71. The van der Waals surface area contributed by atoms with Crippen LogP contribution in [0.3, 0.4) is 0 Å². The van der Waals surface area contributed by atoms with Crippen LogP contribution < -0.4 is 17.2 Å². The molecule has 7 N–H and O–H groups in total. The van der Waals surface area contributed by atoms with Gasteiger partial charge in [0, 0.05) is 10.9 Å². The number of benzene rings is 1. The van der Waals surface area contributed by atoms with E-state index < -0.39 is 6.03 Å². The second-order valence-electron chi connectivity index (χ2n) is 2.71. The average molecular weight is 192 g/mol. The van der Waals surface area contributed by atoms with Gasteiger partial charge < -0.3 is 22.2 Å². The van der Waals surface area contributed by atoms with E-state index in [-0.39, 0.29) is 0 Å². The van der Waals surface area contributed by atoms with Crippen LogP contribution in [0.1, 0.15) is 0 Å². The van der Waals surface area contributed by atoms with Gasteiger partial charge in [-0.05, 0) is 12.1 Å². The molecule has 2 rings (SSSR count). The van der Waals surface area contributed by atoms with Gasteiger partial charge in [0.05, 0.1) is 0 Å². The number of aromatic amines is 1. The topological polar surface area (TPSA) is 111 Å². The molecular weight excluding hydrogens is 180 g/mol. The number of carbonyl (C=O) groups excluding carboxylic acids is 1. The Bertz CT molecular complexity index is 398. The molecule has 1 heterocycles. The van der Waals surface area contributed by atoms with Gasteiger partial charge in [0.25, 0.3) is 0 Å². The molecule has 5 nitrogen and oxygen atoms in total. The summed E-state index contributed by atoms with van der Waals surface area (Å²) in [5.41, 5.74) is 15.1. The van der Waals surface area contributed by atoms with E-state index in [1.165, 1.54) is 5.39 Å². The fourth-order valence-electron chi connectivity index (χ4n) is 1.10. The molecule has 74 valence electrons. The molecule has 14 heavy (non-hydrogen) atoms. The number of anilines is 1. The summed E-state index contributed by atoms with van der Waals surface area (Å²) in [7, 11) is 0. The van der Waals surface area contributed by atoms with Gasteiger partial charge >= 0.3 is 6.03 Å². The number of aromatic nitrogens is 1. The van der Waals surface area contributed by atoms with Gasteiger partial charge in [0.2, 0.25) is 0 Å². The first-order chi connectivity index (χ1) is 6.59. The standard InChI is InChI=1S/C8H8N2.CH4N2O/c9-8-5-6-3-1-2-4-7(6)10-8;2-1(3)4/h1-5,10H,9H2;(H4,2,3,4). The largest absolute Gasteiger partial charge is 0.385 e. The SMILES string of the molecule is NC(N)=O.Nc1cc2ccccc2[nH]1. The van der Waals surface area contributed by atoms with Crippen molar-refractivity contribution in [1.82, 2.24) is 4.98 Å². The number of primary amides is 2. The zero-order valence-electron chi connectivity index (χ0n) is 7.53. The van der Waals surface area contributed by atoms with Crippen molar-refractivity contribution >= 4 is 22.8 Å². The first-order valence-electron chi connectivity index (χ1n) is 3.97. The molecule has 1 aromatic heterocycles. The summed E-state index contributed by atoms with van der Waals surface area (Å²) >= 11 is 0. The Morgan fingerprint density at radius 2 is 1.79 bits per heavy atom. The first kappa shape index (κ1) is 9.91. The van der Waals surface area contributed by atoms with Crippen LogP contribution in [0.25, 0.3) is 10.9 Å². The van der Waals surface area contributed by atoms with Crippen LogP contribution in [0.2, 0.25) is 0 Å². The van der Waals surface area contributed by atoms with E-state index in [9.17, 15) is 0 Å². The van der Waals surface area contributed by atoms with Crippen LogP contribution in [0.5, 0.6) is 0 Å². The van der Waals surface area contributed by atoms with E-state index in [1.54, 1.807) is 0 Å². The summed E-state index contributed by atoms with van der Waals surface area (Å²) in [6.07, 6.45) is 0. The molecule has 2 amide bonds. The summed E-state index contributed by atoms with van der Waals surface area (Å²) < 4.78 is 0. The van der Waals surface area contributed by atoms with E-state index in [1.807, 2.05) is 30.3 Å². The lowest BCUT2D eigenvalue weighted by Crippen LogP contribution is -2.18. The average Bonchev–Trinajstić information content (AvgIpc) is 2.42. The summed E-state index contributed by atoms with van der Waals surface area (Å²) in [6, 6.07) is 9.11. The highest BCUT2D eigenvalue weighted by Crippen LogP contribution is 2.14. The molecule has 0 spiro atoms. The Morgan fingerprint density at radius 3 is 2.36 bits per heavy atom. The summed E-state index contributed by atoms with van der Waals surface area (Å²) in [4.78, 5) is 12.0. The molecule has 1 aromatic carbocycles. The van der Waals surface area contributed by atoms with E-state index in [0.717, 1.165) is 11.3 Å². The van der Waals surface area contributed by atoms with Crippen LogP contribution in [-0.4, -0.2) is 11.0 Å². The third-order valence-corrected chi connectivity index (χ3v) is 1.55. The van der Waals surface area contributed by atoms with Crippen molar-refractivity contribution in [3.05, 3.63) is 30.3 Å². The molecule has 0 radical (unpaired) electrons. The number of nitrogen functional groups attached to an aromatic ring is 1. The Labute approximate surface area is 80.9 Å².